The van der Waals surface area contributed by atoms with Crippen molar-refractivity contribution in [3.8, 4) is 5.75 Å². The Bertz CT molecular complexity index is 813. The van der Waals surface area contributed by atoms with E-state index in [9.17, 15) is 9.59 Å². The Morgan fingerprint density at radius 1 is 1.07 bits per heavy atom. The quantitative estimate of drug-likeness (QED) is 0.747. The molecule has 2 amide bonds. The third-order valence-electron chi connectivity index (χ3n) is 4.60. The number of fused-ring (bicyclic) bond motifs is 1. The highest BCUT2D eigenvalue weighted by Crippen LogP contribution is 2.32. The predicted molar refractivity (Wildman–Crippen MR) is 106 cm³/mol. The largest absolute Gasteiger partial charge is 0.482 e. The van der Waals surface area contributed by atoms with Crippen molar-refractivity contribution in [3.63, 3.8) is 0 Å². The monoisotopic (exact) mass is 366 g/mol. The van der Waals surface area contributed by atoms with Gasteiger partial charge >= 0.3 is 0 Å². The molecule has 0 aromatic heterocycles. The van der Waals surface area contributed by atoms with Crippen molar-refractivity contribution in [2.75, 3.05) is 24.6 Å². The Hall–Kier alpha value is -2.82. The second-order valence-electron chi connectivity index (χ2n) is 6.73. The summed E-state index contributed by atoms with van der Waals surface area (Å²) in [6.07, 6.45) is 1.87. The number of rotatable bonds is 7. The third-order valence-corrected chi connectivity index (χ3v) is 4.60. The van der Waals surface area contributed by atoms with E-state index < -0.39 is 0 Å². The zero-order valence-corrected chi connectivity index (χ0v) is 16.0. The van der Waals surface area contributed by atoms with Crippen molar-refractivity contribution in [1.29, 1.82) is 0 Å². The normalized spacial score (nSPS) is 13.1. The molecule has 0 saturated carbocycles. The van der Waals surface area contributed by atoms with Crippen LogP contribution in [0.1, 0.15) is 42.6 Å². The molecule has 0 aliphatic carbocycles. The minimum Gasteiger partial charge on any atom is -0.482 e. The van der Waals surface area contributed by atoms with E-state index >= 15 is 0 Å². The SMILES string of the molecule is CCCN(CCC)C(=O)c1cccc(CN2C(=O)COc3ccccc32)c1. The van der Waals surface area contributed by atoms with Crippen LogP contribution in [-0.2, 0) is 11.3 Å². The van der Waals surface area contributed by atoms with E-state index in [0.29, 0.717) is 17.9 Å². The van der Waals surface area contributed by atoms with Crippen molar-refractivity contribution >= 4 is 17.5 Å². The summed E-state index contributed by atoms with van der Waals surface area (Å²) in [6, 6.07) is 15.1. The Morgan fingerprint density at radius 2 is 1.81 bits per heavy atom. The van der Waals surface area contributed by atoms with Crippen LogP contribution >= 0.6 is 0 Å². The molecule has 0 unspecified atom stereocenters. The summed E-state index contributed by atoms with van der Waals surface area (Å²) in [4.78, 5) is 28.9. The molecule has 3 rings (SSSR count). The van der Waals surface area contributed by atoms with Gasteiger partial charge in [-0.2, -0.15) is 0 Å². The van der Waals surface area contributed by atoms with Gasteiger partial charge in [0, 0.05) is 18.7 Å². The lowest BCUT2D eigenvalue weighted by atomic mass is 10.1. The van der Waals surface area contributed by atoms with Crippen LogP contribution in [-0.4, -0.2) is 36.4 Å². The Kier molecular flexibility index (Phi) is 6.12. The maximum absolute atomic E-state index is 12.9. The summed E-state index contributed by atoms with van der Waals surface area (Å²) in [5.41, 5.74) is 2.37. The molecule has 27 heavy (non-hydrogen) atoms. The van der Waals surface area contributed by atoms with Gasteiger partial charge in [0.2, 0.25) is 0 Å². The van der Waals surface area contributed by atoms with Crippen LogP contribution in [0.5, 0.6) is 5.75 Å². The molecule has 0 spiro atoms. The van der Waals surface area contributed by atoms with E-state index in [2.05, 4.69) is 13.8 Å². The smallest absolute Gasteiger partial charge is 0.265 e. The van der Waals surface area contributed by atoms with E-state index in [0.717, 1.165) is 37.2 Å². The van der Waals surface area contributed by atoms with E-state index in [-0.39, 0.29) is 18.4 Å². The summed E-state index contributed by atoms with van der Waals surface area (Å²) in [5, 5.41) is 0. The number of carbonyl (C=O) groups excluding carboxylic acids is 2. The zero-order chi connectivity index (χ0) is 19.2. The fourth-order valence-electron chi connectivity index (χ4n) is 3.35. The van der Waals surface area contributed by atoms with Crippen molar-refractivity contribution in [2.45, 2.75) is 33.2 Å². The van der Waals surface area contributed by atoms with Gasteiger partial charge in [0.05, 0.1) is 12.2 Å². The molecule has 0 radical (unpaired) electrons. The summed E-state index contributed by atoms with van der Waals surface area (Å²) < 4.78 is 5.50. The summed E-state index contributed by atoms with van der Waals surface area (Å²) in [6.45, 7) is 6.12. The number of amides is 2. The van der Waals surface area contributed by atoms with Crippen molar-refractivity contribution in [2.24, 2.45) is 0 Å². The van der Waals surface area contributed by atoms with Crippen LogP contribution in [0.3, 0.4) is 0 Å². The fraction of sp³-hybridized carbons (Fsp3) is 0.364. The average molecular weight is 366 g/mol. The molecule has 142 valence electrons. The molecule has 1 aliphatic heterocycles. The molecule has 2 aromatic carbocycles. The van der Waals surface area contributed by atoms with Crippen LogP contribution in [0.25, 0.3) is 0 Å². The van der Waals surface area contributed by atoms with Crippen molar-refractivity contribution < 1.29 is 14.3 Å². The molecule has 0 atom stereocenters. The molecule has 0 fully saturated rings. The van der Waals surface area contributed by atoms with Crippen molar-refractivity contribution in [1.82, 2.24) is 4.90 Å². The molecule has 0 bridgehead atoms. The van der Waals surface area contributed by atoms with Crippen molar-refractivity contribution in [3.05, 3.63) is 59.7 Å². The molecule has 0 saturated heterocycles. The predicted octanol–water partition coefficient (Wildman–Crippen LogP) is 3.87. The molecular formula is C22H26N2O3. The van der Waals surface area contributed by atoms with Gasteiger partial charge in [0.15, 0.2) is 6.61 Å². The molecule has 1 aliphatic rings. The number of hydrogen-bond donors (Lipinski definition) is 0. The molecule has 0 N–H and O–H groups in total. The zero-order valence-electron chi connectivity index (χ0n) is 16.0. The lowest BCUT2D eigenvalue weighted by Gasteiger charge is -2.29. The molecule has 2 aromatic rings. The minimum atomic E-state index is -0.0796. The first-order valence-corrected chi connectivity index (χ1v) is 9.54. The molecular weight excluding hydrogens is 340 g/mol. The van der Waals surface area contributed by atoms with Crippen LogP contribution < -0.4 is 9.64 Å². The number of anilines is 1. The highest BCUT2D eigenvalue weighted by molar-refractivity contribution is 5.98. The first-order valence-electron chi connectivity index (χ1n) is 9.54. The second kappa shape index (κ2) is 8.71. The molecule has 5 heteroatoms. The standard InChI is InChI=1S/C22H26N2O3/c1-3-12-23(13-4-2)22(26)18-9-7-8-17(14-18)15-24-19-10-5-6-11-20(19)27-16-21(24)25/h5-11,14H,3-4,12-13,15-16H2,1-2H3. The van der Waals surface area contributed by atoms with Crippen LogP contribution in [0.2, 0.25) is 0 Å². The highest BCUT2D eigenvalue weighted by Gasteiger charge is 2.25. The van der Waals surface area contributed by atoms with E-state index in [1.165, 1.54) is 0 Å². The minimum absolute atomic E-state index is 0.0381. The lowest BCUT2D eigenvalue weighted by molar-refractivity contribution is -0.121. The van der Waals surface area contributed by atoms with E-state index in [1.807, 2.05) is 53.4 Å². The number of nitrogens with zero attached hydrogens (tertiary/aromatic N) is 2. The molecule has 1 heterocycles. The Balaban J connectivity index is 1.82. The number of carbonyl (C=O) groups is 2. The van der Waals surface area contributed by atoms with Gasteiger partial charge in [-0.1, -0.05) is 38.1 Å². The van der Waals surface area contributed by atoms with Gasteiger partial charge in [-0.15, -0.1) is 0 Å². The Morgan fingerprint density at radius 3 is 2.56 bits per heavy atom. The Labute approximate surface area is 160 Å². The topological polar surface area (TPSA) is 49.9 Å². The van der Waals surface area contributed by atoms with Gasteiger partial charge in [-0.3, -0.25) is 9.59 Å². The van der Waals surface area contributed by atoms with Gasteiger partial charge in [0.1, 0.15) is 5.75 Å². The number of ether oxygens (including phenoxy) is 1. The van der Waals surface area contributed by atoms with Gasteiger partial charge in [-0.25, -0.2) is 0 Å². The highest BCUT2D eigenvalue weighted by atomic mass is 16.5. The maximum atomic E-state index is 12.9. The lowest BCUT2D eigenvalue weighted by Crippen LogP contribution is -2.38. The third kappa shape index (κ3) is 4.30. The fourth-order valence-corrected chi connectivity index (χ4v) is 3.35. The van der Waals surface area contributed by atoms with Gasteiger partial charge in [0.25, 0.3) is 11.8 Å². The number of hydrogen-bond acceptors (Lipinski definition) is 3. The first kappa shape index (κ1) is 19.0. The van der Waals surface area contributed by atoms with Crippen LogP contribution in [0, 0.1) is 0 Å². The van der Waals surface area contributed by atoms with Gasteiger partial charge in [-0.05, 0) is 42.7 Å². The van der Waals surface area contributed by atoms with Gasteiger partial charge < -0.3 is 14.5 Å². The maximum Gasteiger partial charge on any atom is 0.265 e. The summed E-state index contributed by atoms with van der Waals surface area (Å²) in [5.74, 6) is 0.680. The summed E-state index contributed by atoms with van der Waals surface area (Å²) >= 11 is 0. The number of benzene rings is 2. The first-order chi connectivity index (χ1) is 13.1. The summed E-state index contributed by atoms with van der Waals surface area (Å²) in [7, 11) is 0. The van der Waals surface area contributed by atoms with Crippen LogP contribution in [0.4, 0.5) is 5.69 Å². The van der Waals surface area contributed by atoms with E-state index in [4.69, 9.17) is 4.74 Å². The number of para-hydroxylation sites is 2. The average Bonchev–Trinajstić information content (AvgIpc) is 2.70. The van der Waals surface area contributed by atoms with E-state index in [1.54, 1.807) is 4.90 Å². The second-order valence-corrected chi connectivity index (χ2v) is 6.73. The van der Waals surface area contributed by atoms with Crippen LogP contribution in [0.15, 0.2) is 48.5 Å². The molecule has 5 nitrogen and oxygen atoms in total.